The number of anilines is 1. The number of nitrogens with two attached hydrogens (primary N) is 1. The Kier molecular flexibility index (Phi) is 4.63. The summed E-state index contributed by atoms with van der Waals surface area (Å²) in [5.74, 6) is 0.775. The molecule has 0 bridgehead atoms. The second kappa shape index (κ2) is 6.08. The van der Waals surface area contributed by atoms with E-state index in [-0.39, 0.29) is 0 Å². The summed E-state index contributed by atoms with van der Waals surface area (Å²) in [5, 5.41) is 0. The summed E-state index contributed by atoms with van der Waals surface area (Å²) in [6.45, 7) is 9.16. The third-order valence-corrected chi connectivity index (χ3v) is 4.58. The van der Waals surface area contributed by atoms with E-state index in [1.165, 1.54) is 19.3 Å². The molecule has 110 valence electrons. The highest BCUT2D eigenvalue weighted by molar-refractivity contribution is 7.80. The topological polar surface area (TPSA) is 42.2 Å². The highest BCUT2D eigenvalue weighted by Crippen LogP contribution is 2.35. The van der Waals surface area contributed by atoms with Gasteiger partial charge in [-0.3, -0.25) is 4.98 Å². The molecule has 0 aromatic carbocycles. The minimum Gasteiger partial charge on any atom is -0.389 e. The molecule has 4 heteroatoms. The fourth-order valence-electron chi connectivity index (χ4n) is 3.05. The minimum atomic E-state index is 0.386. The average Bonchev–Trinajstić information content (AvgIpc) is 2.63. The fraction of sp³-hybridized carbons (Fsp3) is 0.625. The maximum atomic E-state index is 5.83. The molecular weight excluding hydrogens is 266 g/mol. The van der Waals surface area contributed by atoms with E-state index in [1.54, 1.807) is 6.20 Å². The molecule has 1 unspecified atom stereocenters. The van der Waals surface area contributed by atoms with Crippen LogP contribution in [0.15, 0.2) is 18.5 Å². The van der Waals surface area contributed by atoms with Crippen LogP contribution < -0.4 is 10.6 Å². The lowest BCUT2D eigenvalue weighted by molar-refractivity contribution is 0.220. The van der Waals surface area contributed by atoms with Gasteiger partial charge in [-0.2, -0.15) is 0 Å². The van der Waals surface area contributed by atoms with Crippen molar-refractivity contribution in [3.8, 4) is 0 Å². The van der Waals surface area contributed by atoms with Crippen molar-refractivity contribution in [3.05, 3.63) is 24.0 Å². The van der Waals surface area contributed by atoms with E-state index in [4.69, 9.17) is 18.0 Å². The van der Waals surface area contributed by atoms with Gasteiger partial charge < -0.3 is 10.6 Å². The van der Waals surface area contributed by atoms with Crippen molar-refractivity contribution >= 4 is 22.9 Å². The first kappa shape index (κ1) is 15.2. The number of nitrogens with zero attached hydrogens (tertiary/aromatic N) is 2. The molecule has 2 heterocycles. The van der Waals surface area contributed by atoms with Gasteiger partial charge in [-0.1, -0.05) is 33.0 Å². The van der Waals surface area contributed by atoms with E-state index in [0.717, 1.165) is 30.3 Å². The zero-order valence-corrected chi connectivity index (χ0v) is 13.5. The highest BCUT2D eigenvalue weighted by atomic mass is 32.1. The largest absolute Gasteiger partial charge is 0.389 e. The first-order chi connectivity index (χ1) is 9.39. The van der Waals surface area contributed by atoms with E-state index in [2.05, 4.69) is 30.7 Å². The van der Waals surface area contributed by atoms with Crippen molar-refractivity contribution < 1.29 is 0 Å². The molecule has 2 rings (SSSR count). The molecule has 0 radical (unpaired) electrons. The van der Waals surface area contributed by atoms with Crippen LogP contribution in [-0.2, 0) is 0 Å². The summed E-state index contributed by atoms with van der Waals surface area (Å²) in [5.41, 5.74) is 8.26. The third-order valence-electron chi connectivity index (χ3n) is 4.36. The van der Waals surface area contributed by atoms with Crippen LogP contribution in [0.1, 0.15) is 45.6 Å². The number of hydrogen-bond donors (Lipinski definition) is 1. The summed E-state index contributed by atoms with van der Waals surface area (Å²) in [6.07, 6.45) is 7.38. The Balaban J connectivity index is 2.17. The van der Waals surface area contributed by atoms with Crippen LogP contribution in [0.3, 0.4) is 0 Å². The highest BCUT2D eigenvalue weighted by Gasteiger charge is 2.27. The zero-order chi connectivity index (χ0) is 14.8. The predicted molar refractivity (Wildman–Crippen MR) is 89.1 cm³/mol. The molecule has 0 spiro atoms. The SMILES string of the molecule is CC(C)(C)C1CCCN(c2cnccc2C(N)=S)CC1. The van der Waals surface area contributed by atoms with E-state index in [0.29, 0.717) is 10.4 Å². The van der Waals surface area contributed by atoms with Crippen molar-refractivity contribution in [2.45, 2.75) is 40.0 Å². The van der Waals surface area contributed by atoms with Crippen molar-refractivity contribution in [3.63, 3.8) is 0 Å². The van der Waals surface area contributed by atoms with Gasteiger partial charge in [0.1, 0.15) is 4.99 Å². The lowest BCUT2D eigenvalue weighted by Gasteiger charge is -2.30. The van der Waals surface area contributed by atoms with E-state index >= 15 is 0 Å². The van der Waals surface area contributed by atoms with Crippen molar-refractivity contribution in [1.82, 2.24) is 4.98 Å². The van der Waals surface area contributed by atoms with Crippen LogP contribution in [0.25, 0.3) is 0 Å². The summed E-state index contributed by atoms with van der Waals surface area (Å²) in [7, 11) is 0. The normalized spacial score (nSPS) is 20.6. The molecule has 1 aromatic rings. The fourth-order valence-corrected chi connectivity index (χ4v) is 3.22. The lowest BCUT2D eigenvalue weighted by atomic mass is 9.77. The Morgan fingerprint density at radius 2 is 2.10 bits per heavy atom. The quantitative estimate of drug-likeness (QED) is 0.848. The molecule has 1 atom stereocenters. The molecule has 1 aliphatic rings. The molecule has 0 amide bonds. The van der Waals surface area contributed by atoms with Crippen molar-refractivity contribution in [1.29, 1.82) is 0 Å². The zero-order valence-electron chi connectivity index (χ0n) is 12.7. The summed E-state index contributed by atoms with van der Waals surface area (Å²) in [4.78, 5) is 7.10. The van der Waals surface area contributed by atoms with Crippen LogP contribution >= 0.6 is 12.2 Å². The molecule has 1 aliphatic heterocycles. The summed E-state index contributed by atoms with van der Waals surface area (Å²) < 4.78 is 0. The standard InChI is InChI=1S/C16H25N3S/c1-16(2,3)12-5-4-9-19(10-7-12)14-11-18-8-6-13(14)15(17)20/h6,8,11-12H,4-5,7,9-10H2,1-3H3,(H2,17,20). The molecule has 1 saturated heterocycles. The number of aromatic nitrogens is 1. The van der Waals surface area contributed by atoms with Gasteiger partial charge in [-0.15, -0.1) is 0 Å². The van der Waals surface area contributed by atoms with Crippen LogP contribution in [-0.4, -0.2) is 23.1 Å². The van der Waals surface area contributed by atoms with Crippen LogP contribution in [0.5, 0.6) is 0 Å². The molecule has 20 heavy (non-hydrogen) atoms. The van der Waals surface area contributed by atoms with Gasteiger partial charge in [0.2, 0.25) is 0 Å². The third kappa shape index (κ3) is 3.48. The number of pyridine rings is 1. The van der Waals surface area contributed by atoms with Crippen LogP contribution in [0.2, 0.25) is 0 Å². The van der Waals surface area contributed by atoms with Gasteiger partial charge in [0.05, 0.1) is 11.9 Å². The summed E-state index contributed by atoms with van der Waals surface area (Å²) in [6, 6.07) is 1.92. The Hall–Kier alpha value is -1.16. The lowest BCUT2D eigenvalue weighted by Crippen LogP contribution is -2.28. The van der Waals surface area contributed by atoms with Crippen molar-refractivity contribution in [2.24, 2.45) is 17.1 Å². The van der Waals surface area contributed by atoms with Gasteiger partial charge in [-0.25, -0.2) is 0 Å². The van der Waals surface area contributed by atoms with E-state index < -0.39 is 0 Å². The maximum absolute atomic E-state index is 5.83. The first-order valence-corrected chi connectivity index (χ1v) is 7.79. The summed E-state index contributed by atoms with van der Waals surface area (Å²) >= 11 is 5.16. The van der Waals surface area contributed by atoms with Gasteiger partial charge in [0.25, 0.3) is 0 Å². The predicted octanol–water partition coefficient (Wildman–Crippen LogP) is 3.37. The number of hydrogen-bond acceptors (Lipinski definition) is 3. The smallest absolute Gasteiger partial charge is 0.106 e. The molecule has 0 aliphatic carbocycles. The molecule has 0 saturated carbocycles. The Morgan fingerprint density at radius 3 is 2.75 bits per heavy atom. The van der Waals surface area contributed by atoms with Crippen molar-refractivity contribution in [2.75, 3.05) is 18.0 Å². The molecule has 2 N–H and O–H groups in total. The molecular formula is C16H25N3S. The van der Waals surface area contributed by atoms with Gasteiger partial charge in [-0.05, 0) is 36.7 Å². The first-order valence-electron chi connectivity index (χ1n) is 7.38. The second-order valence-corrected chi connectivity index (χ2v) is 7.18. The van der Waals surface area contributed by atoms with Crippen LogP contribution in [0, 0.1) is 11.3 Å². The molecule has 3 nitrogen and oxygen atoms in total. The van der Waals surface area contributed by atoms with Crippen LogP contribution in [0.4, 0.5) is 5.69 Å². The monoisotopic (exact) mass is 291 g/mol. The average molecular weight is 291 g/mol. The molecule has 1 aromatic heterocycles. The van der Waals surface area contributed by atoms with E-state index in [9.17, 15) is 0 Å². The van der Waals surface area contributed by atoms with E-state index in [1.807, 2.05) is 12.3 Å². The minimum absolute atomic E-state index is 0.386. The molecule has 1 fully saturated rings. The van der Waals surface area contributed by atoms with Gasteiger partial charge >= 0.3 is 0 Å². The Morgan fingerprint density at radius 1 is 1.35 bits per heavy atom. The second-order valence-electron chi connectivity index (χ2n) is 6.74. The Bertz CT molecular complexity index is 479. The van der Waals surface area contributed by atoms with Gasteiger partial charge in [0.15, 0.2) is 0 Å². The number of rotatable bonds is 2. The van der Waals surface area contributed by atoms with Gasteiger partial charge in [0, 0.05) is 24.8 Å². The maximum Gasteiger partial charge on any atom is 0.106 e. The Labute approximate surface area is 127 Å². The number of thiocarbonyl (C=S) groups is 1.